The third kappa shape index (κ3) is 3.82. The van der Waals surface area contributed by atoms with E-state index in [4.69, 9.17) is 0 Å². The highest BCUT2D eigenvalue weighted by Gasteiger charge is 2.08. The maximum atomic E-state index is 11.9. The Balaban J connectivity index is 2.13. The molecule has 0 bridgehead atoms. The number of hydrogen-bond donors (Lipinski definition) is 2. The molecule has 1 aromatic carbocycles. The Morgan fingerprint density at radius 2 is 1.80 bits per heavy atom. The lowest BCUT2D eigenvalue weighted by atomic mass is 10.2. The maximum absolute atomic E-state index is 11.9. The summed E-state index contributed by atoms with van der Waals surface area (Å²) in [4.78, 5) is 16.0. The zero-order valence-corrected chi connectivity index (χ0v) is 12.0. The summed E-state index contributed by atoms with van der Waals surface area (Å²) in [6.07, 6.45) is 1.63. The Labute approximate surface area is 119 Å². The van der Waals surface area contributed by atoms with Gasteiger partial charge in [-0.1, -0.05) is 17.7 Å². The van der Waals surface area contributed by atoms with Crippen molar-refractivity contribution in [3.05, 3.63) is 53.9 Å². The van der Waals surface area contributed by atoms with Crippen molar-refractivity contribution in [2.24, 2.45) is 0 Å². The van der Waals surface area contributed by atoms with Gasteiger partial charge in [0.1, 0.15) is 5.69 Å². The highest BCUT2D eigenvalue weighted by Crippen LogP contribution is 2.17. The second-order valence-corrected chi connectivity index (χ2v) is 5.05. The van der Waals surface area contributed by atoms with E-state index in [2.05, 4.69) is 15.6 Å². The van der Waals surface area contributed by atoms with E-state index < -0.39 is 0 Å². The van der Waals surface area contributed by atoms with Crippen LogP contribution in [0, 0.1) is 6.92 Å². The average Bonchev–Trinajstić information content (AvgIpc) is 2.41. The Morgan fingerprint density at radius 3 is 2.45 bits per heavy atom. The van der Waals surface area contributed by atoms with Crippen LogP contribution in [-0.4, -0.2) is 16.9 Å². The van der Waals surface area contributed by atoms with Crippen molar-refractivity contribution >= 4 is 17.3 Å². The molecule has 0 fully saturated rings. The summed E-state index contributed by atoms with van der Waals surface area (Å²) in [7, 11) is 0. The third-order valence-electron chi connectivity index (χ3n) is 2.75. The molecule has 104 valence electrons. The van der Waals surface area contributed by atoms with E-state index in [1.165, 1.54) is 5.56 Å². The van der Waals surface area contributed by atoms with Crippen LogP contribution in [0.1, 0.15) is 29.9 Å². The molecule has 20 heavy (non-hydrogen) atoms. The molecule has 4 nitrogen and oxygen atoms in total. The van der Waals surface area contributed by atoms with Gasteiger partial charge >= 0.3 is 0 Å². The van der Waals surface area contributed by atoms with Crippen molar-refractivity contribution in [2.45, 2.75) is 26.8 Å². The van der Waals surface area contributed by atoms with Crippen LogP contribution in [0.25, 0.3) is 0 Å². The molecule has 0 aliphatic carbocycles. The SMILES string of the molecule is Cc1ccc(Nc2ccnc(C(=O)NC(C)C)c2)cc1. The molecule has 2 aromatic rings. The number of hydrogen-bond acceptors (Lipinski definition) is 3. The fourth-order valence-corrected chi connectivity index (χ4v) is 1.77. The highest BCUT2D eigenvalue weighted by atomic mass is 16.1. The van der Waals surface area contributed by atoms with Gasteiger partial charge in [0.05, 0.1) is 0 Å². The molecule has 4 heteroatoms. The Kier molecular flexibility index (Phi) is 4.35. The average molecular weight is 269 g/mol. The monoisotopic (exact) mass is 269 g/mol. The first kappa shape index (κ1) is 14.1. The second-order valence-electron chi connectivity index (χ2n) is 5.05. The molecule has 0 atom stereocenters. The number of nitrogens with one attached hydrogen (secondary N) is 2. The van der Waals surface area contributed by atoms with Crippen molar-refractivity contribution in [3.63, 3.8) is 0 Å². The fraction of sp³-hybridized carbons (Fsp3) is 0.250. The molecular formula is C16H19N3O. The summed E-state index contributed by atoms with van der Waals surface area (Å²) in [5, 5.41) is 6.09. The van der Waals surface area contributed by atoms with Crippen molar-refractivity contribution in [2.75, 3.05) is 5.32 Å². The number of carbonyl (C=O) groups excluding carboxylic acids is 1. The lowest BCUT2D eigenvalue weighted by Crippen LogP contribution is -2.30. The molecule has 0 unspecified atom stereocenters. The van der Waals surface area contributed by atoms with E-state index >= 15 is 0 Å². The quantitative estimate of drug-likeness (QED) is 0.895. The standard InChI is InChI=1S/C16H19N3O/c1-11(2)18-16(20)15-10-14(8-9-17-15)19-13-6-4-12(3)5-7-13/h4-11H,1-3H3,(H,17,19)(H,18,20). The first-order chi connectivity index (χ1) is 9.54. The van der Waals surface area contributed by atoms with Crippen LogP contribution in [0.15, 0.2) is 42.6 Å². The zero-order chi connectivity index (χ0) is 14.5. The molecule has 2 N–H and O–H groups in total. The highest BCUT2D eigenvalue weighted by molar-refractivity contribution is 5.93. The lowest BCUT2D eigenvalue weighted by Gasteiger charge is -2.10. The summed E-state index contributed by atoms with van der Waals surface area (Å²) in [5.74, 6) is -0.160. The Morgan fingerprint density at radius 1 is 1.10 bits per heavy atom. The van der Waals surface area contributed by atoms with Crippen molar-refractivity contribution in [3.8, 4) is 0 Å². The normalized spacial score (nSPS) is 10.4. The number of benzene rings is 1. The van der Waals surface area contributed by atoms with E-state index in [0.29, 0.717) is 5.69 Å². The molecule has 0 spiro atoms. The van der Waals surface area contributed by atoms with Gasteiger partial charge in [-0.15, -0.1) is 0 Å². The van der Waals surface area contributed by atoms with Crippen LogP contribution < -0.4 is 10.6 Å². The van der Waals surface area contributed by atoms with Gasteiger partial charge < -0.3 is 10.6 Å². The van der Waals surface area contributed by atoms with Gasteiger partial charge in [-0.05, 0) is 45.0 Å². The summed E-state index contributed by atoms with van der Waals surface area (Å²) in [6, 6.07) is 11.8. The maximum Gasteiger partial charge on any atom is 0.270 e. The van der Waals surface area contributed by atoms with E-state index in [1.807, 2.05) is 51.1 Å². The predicted octanol–water partition coefficient (Wildman–Crippen LogP) is 3.27. The van der Waals surface area contributed by atoms with Crippen molar-refractivity contribution in [1.82, 2.24) is 10.3 Å². The Hall–Kier alpha value is -2.36. The van der Waals surface area contributed by atoms with E-state index in [0.717, 1.165) is 11.4 Å². The molecule has 1 heterocycles. The van der Waals surface area contributed by atoms with Gasteiger partial charge in [0.15, 0.2) is 0 Å². The molecule has 0 aliphatic rings. The first-order valence-electron chi connectivity index (χ1n) is 6.65. The van der Waals surface area contributed by atoms with E-state index in [9.17, 15) is 4.79 Å². The van der Waals surface area contributed by atoms with E-state index in [-0.39, 0.29) is 11.9 Å². The number of nitrogens with zero attached hydrogens (tertiary/aromatic N) is 1. The van der Waals surface area contributed by atoms with Gasteiger partial charge in [-0.3, -0.25) is 9.78 Å². The minimum Gasteiger partial charge on any atom is -0.355 e. The van der Waals surface area contributed by atoms with Gasteiger partial charge in [-0.25, -0.2) is 0 Å². The molecule has 0 radical (unpaired) electrons. The predicted molar refractivity (Wildman–Crippen MR) is 81.3 cm³/mol. The van der Waals surface area contributed by atoms with Gasteiger partial charge in [0.25, 0.3) is 5.91 Å². The number of aryl methyl sites for hydroxylation is 1. The fourth-order valence-electron chi connectivity index (χ4n) is 1.77. The largest absolute Gasteiger partial charge is 0.355 e. The smallest absolute Gasteiger partial charge is 0.270 e. The summed E-state index contributed by atoms with van der Waals surface area (Å²) >= 11 is 0. The number of carbonyl (C=O) groups is 1. The number of amides is 1. The lowest BCUT2D eigenvalue weighted by molar-refractivity contribution is 0.0938. The molecule has 1 aromatic heterocycles. The summed E-state index contributed by atoms with van der Waals surface area (Å²) in [5.41, 5.74) is 3.45. The van der Waals surface area contributed by atoms with Crippen LogP contribution in [0.3, 0.4) is 0 Å². The Bertz CT molecular complexity index is 591. The van der Waals surface area contributed by atoms with Crippen molar-refractivity contribution < 1.29 is 4.79 Å². The summed E-state index contributed by atoms with van der Waals surface area (Å²) < 4.78 is 0. The van der Waals surface area contributed by atoms with Gasteiger partial charge in [-0.2, -0.15) is 0 Å². The van der Waals surface area contributed by atoms with Crippen molar-refractivity contribution in [1.29, 1.82) is 0 Å². The number of aromatic nitrogens is 1. The van der Waals surface area contributed by atoms with E-state index in [1.54, 1.807) is 12.3 Å². The molecule has 0 saturated heterocycles. The number of rotatable bonds is 4. The number of anilines is 2. The molecule has 1 amide bonds. The van der Waals surface area contributed by atoms with Crippen LogP contribution in [-0.2, 0) is 0 Å². The molecular weight excluding hydrogens is 250 g/mol. The molecule has 2 rings (SSSR count). The molecule has 0 saturated carbocycles. The minimum absolute atomic E-state index is 0.0954. The zero-order valence-electron chi connectivity index (χ0n) is 12.0. The summed E-state index contributed by atoms with van der Waals surface area (Å²) in [6.45, 7) is 5.89. The van der Waals surface area contributed by atoms with Crippen LogP contribution >= 0.6 is 0 Å². The molecule has 0 aliphatic heterocycles. The second kappa shape index (κ2) is 6.19. The van der Waals surface area contributed by atoms with Crippen LogP contribution in [0.2, 0.25) is 0 Å². The van der Waals surface area contributed by atoms with Gasteiger partial charge in [0.2, 0.25) is 0 Å². The number of pyridine rings is 1. The first-order valence-corrected chi connectivity index (χ1v) is 6.65. The third-order valence-corrected chi connectivity index (χ3v) is 2.75. The minimum atomic E-state index is -0.160. The topological polar surface area (TPSA) is 54.0 Å². The van der Waals surface area contributed by atoms with Crippen LogP contribution in [0.4, 0.5) is 11.4 Å². The van der Waals surface area contributed by atoms with Crippen LogP contribution in [0.5, 0.6) is 0 Å². The van der Waals surface area contributed by atoms with Gasteiger partial charge in [0, 0.05) is 23.6 Å².